The van der Waals surface area contributed by atoms with Gasteiger partial charge in [-0.25, -0.2) is 0 Å². The van der Waals surface area contributed by atoms with Crippen LogP contribution in [0.25, 0.3) is 0 Å². The largest absolute Gasteiger partial charge is 0.380 e. The molecule has 0 aliphatic carbocycles. The summed E-state index contributed by atoms with van der Waals surface area (Å²) in [6.45, 7) is 9.32. The Hall–Kier alpha value is -1.02. The quantitative estimate of drug-likeness (QED) is 0.795. The van der Waals surface area contributed by atoms with Crippen molar-refractivity contribution in [3.05, 3.63) is 29.3 Å². The molecule has 0 heterocycles. The highest BCUT2D eigenvalue weighted by Crippen LogP contribution is 2.22. The third-order valence-electron chi connectivity index (χ3n) is 2.62. The van der Waals surface area contributed by atoms with Crippen LogP contribution >= 0.6 is 0 Å². The lowest BCUT2D eigenvalue weighted by Crippen LogP contribution is -2.33. The first kappa shape index (κ1) is 12.1. The number of hydrogen-bond donors (Lipinski definition) is 2. The minimum atomic E-state index is 0.0643. The van der Waals surface area contributed by atoms with Gasteiger partial charge in [0.05, 0.1) is 0 Å². The number of anilines is 1. The van der Waals surface area contributed by atoms with Gasteiger partial charge in [-0.2, -0.15) is 0 Å². The summed E-state index contributed by atoms with van der Waals surface area (Å²) in [6, 6.07) is 6.47. The Balaban J connectivity index is 2.80. The van der Waals surface area contributed by atoms with Crippen molar-refractivity contribution in [2.75, 3.05) is 11.9 Å². The molecule has 0 fully saturated rings. The SMILES string of the molecule is Cc1ccc(NC(C)(C)CCN)c(C)c1. The van der Waals surface area contributed by atoms with Crippen molar-refractivity contribution in [1.29, 1.82) is 0 Å². The van der Waals surface area contributed by atoms with E-state index in [9.17, 15) is 0 Å². The minimum Gasteiger partial charge on any atom is -0.380 e. The number of hydrogen-bond acceptors (Lipinski definition) is 2. The molecule has 0 aromatic heterocycles. The predicted molar refractivity (Wildman–Crippen MR) is 67.3 cm³/mol. The molecule has 15 heavy (non-hydrogen) atoms. The molecule has 0 saturated heterocycles. The van der Waals surface area contributed by atoms with Crippen LogP contribution < -0.4 is 11.1 Å². The molecule has 1 aromatic rings. The zero-order valence-electron chi connectivity index (χ0n) is 10.2. The van der Waals surface area contributed by atoms with Gasteiger partial charge in [-0.15, -0.1) is 0 Å². The van der Waals surface area contributed by atoms with Gasteiger partial charge in [0.2, 0.25) is 0 Å². The fraction of sp³-hybridized carbons (Fsp3) is 0.538. The summed E-state index contributed by atoms with van der Waals surface area (Å²) in [5.74, 6) is 0. The molecule has 2 nitrogen and oxygen atoms in total. The van der Waals surface area contributed by atoms with Gasteiger partial charge in [-0.1, -0.05) is 17.7 Å². The van der Waals surface area contributed by atoms with Crippen LogP contribution in [0.1, 0.15) is 31.4 Å². The second-order valence-corrected chi connectivity index (χ2v) is 4.87. The first-order chi connectivity index (χ1) is 6.94. The maximum absolute atomic E-state index is 5.59. The highest BCUT2D eigenvalue weighted by Gasteiger charge is 2.16. The molecule has 0 unspecified atom stereocenters. The molecule has 0 radical (unpaired) electrons. The van der Waals surface area contributed by atoms with E-state index in [1.165, 1.54) is 16.8 Å². The van der Waals surface area contributed by atoms with Gasteiger partial charge in [0.25, 0.3) is 0 Å². The van der Waals surface area contributed by atoms with Crippen LogP contribution in [0.15, 0.2) is 18.2 Å². The van der Waals surface area contributed by atoms with Crippen molar-refractivity contribution in [2.45, 2.75) is 39.7 Å². The monoisotopic (exact) mass is 206 g/mol. The summed E-state index contributed by atoms with van der Waals surface area (Å²) in [4.78, 5) is 0. The minimum absolute atomic E-state index is 0.0643. The van der Waals surface area contributed by atoms with Crippen molar-refractivity contribution >= 4 is 5.69 Å². The molecule has 0 aliphatic heterocycles. The first-order valence-corrected chi connectivity index (χ1v) is 5.50. The summed E-state index contributed by atoms with van der Waals surface area (Å²) in [5, 5.41) is 3.53. The lowest BCUT2D eigenvalue weighted by molar-refractivity contribution is 0.526. The number of benzene rings is 1. The molecule has 0 amide bonds. The maximum atomic E-state index is 5.59. The third kappa shape index (κ3) is 3.56. The number of rotatable bonds is 4. The molecule has 0 aliphatic rings. The van der Waals surface area contributed by atoms with E-state index in [1.807, 2.05) is 0 Å². The predicted octanol–water partition coefficient (Wildman–Crippen LogP) is 2.84. The van der Waals surface area contributed by atoms with Crippen LogP contribution in [0.5, 0.6) is 0 Å². The highest BCUT2D eigenvalue weighted by atomic mass is 15.0. The van der Waals surface area contributed by atoms with Crippen molar-refractivity contribution in [2.24, 2.45) is 5.73 Å². The molecule has 0 atom stereocenters. The molecule has 1 rings (SSSR count). The van der Waals surface area contributed by atoms with Crippen LogP contribution in [0.4, 0.5) is 5.69 Å². The van der Waals surface area contributed by atoms with E-state index in [2.05, 4.69) is 51.2 Å². The summed E-state index contributed by atoms with van der Waals surface area (Å²) < 4.78 is 0. The molecule has 2 heteroatoms. The van der Waals surface area contributed by atoms with Crippen LogP contribution in [0.2, 0.25) is 0 Å². The number of aryl methyl sites for hydroxylation is 2. The average Bonchev–Trinajstić information content (AvgIpc) is 2.09. The maximum Gasteiger partial charge on any atom is 0.0374 e. The van der Waals surface area contributed by atoms with E-state index in [4.69, 9.17) is 5.73 Å². The molecule has 84 valence electrons. The Labute approximate surface area is 92.9 Å². The van der Waals surface area contributed by atoms with Crippen LogP contribution in [0.3, 0.4) is 0 Å². The first-order valence-electron chi connectivity index (χ1n) is 5.50. The van der Waals surface area contributed by atoms with Crippen LogP contribution in [-0.4, -0.2) is 12.1 Å². The molecule has 3 N–H and O–H groups in total. The van der Waals surface area contributed by atoms with Crippen LogP contribution in [-0.2, 0) is 0 Å². The summed E-state index contributed by atoms with van der Waals surface area (Å²) in [5.41, 5.74) is 9.45. The average molecular weight is 206 g/mol. The smallest absolute Gasteiger partial charge is 0.0374 e. The van der Waals surface area contributed by atoms with Crippen molar-refractivity contribution in [3.8, 4) is 0 Å². The van der Waals surface area contributed by atoms with E-state index in [0.717, 1.165) is 6.42 Å². The normalized spacial score (nSPS) is 11.5. The molecule has 0 saturated carbocycles. The molecular weight excluding hydrogens is 184 g/mol. The topological polar surface area (TPSA) is 38.0 Å². The Bertz CT molecular complexity index is 329. The molecule has 0 bridgehead atoms. The zero-order chi connectivity index (χ0) is 11.5. The van der Waals surface area contributed by atoms with Gasteiger partial charge >= 0.3 is 0 Å². The second kappa shape index (κ2) is 4.67. The Morgan fingerprint density at radius 3 is 2.47 bits per heavy atom. The van der Waals surface area contributed by atoms with Crippen molar-refractivity contribution in [1.82, 2.24) is 0 Å². The van der Waals surface area contributed by atoms with E-state index in [0.29, 0.717) is 6.54 Å². The van der Waals surface area contributed by atoms with E-state index >= 15 is 0 Å². The lowest BCUT2D eigenvalue weighted by Gasteiger charge is -2.28. The van der Waals surface area contributed by atoms with Gasteiger partial charge in [0.15, 0.2) is 0 Å². The fourth-order valence-electron chi connectivity index (χ4n) is 1.74. The molecule has 0 spiro atoms. The van der Waals surface area contributed by atoms with Gasteiger partial charge in [-0.3, -0.25) is 0 Å². The van der Waals surface area contributed by atoms with Crippen molar-refractivity contribution < 1.29 is 0 Å². The zero-order valence-corrected chi connectivity index (χ0v) is 10.2. The summed E-state index contributed by atoms with van der Waals surface area (Å²) in [7, 11) is 0. The van der Waals surface area contributed by atoms with E-state index < -0.39 is 0 Å². The summed E-state index contributed by atoms with van der Waals surface area (Å²) >= 11 is 0. The van der Waals surface area contributed by atoms with Crippen LogP contribution in [0, 0.1) is 13.8 Å². The van der Waals surface area contributed by atoms with E-state index in [1.54, 1.807) is 0 Å². The Kier molecular flexibility index (Phi) is 3.75. The fourth-order valence-corrected chi connectivity index (χ4v) is 1.74. The number of nitrogens with one attached hydrogen (secondary N) is 1. The second-order valence-electron chi connectivity index (χ2n) is 4.87. The number of nitrogens with two attached hydrogens (primary N) is 1. The molecule has 1 aromatic carbocycles. The Morgan fingerprint density at radius 1 is 1.27 bits per heavy atom. The standard InChI is InChI=1S/C13H22N2/c1-10-5-6-12(11(2)9-10)15-13(3,4)7-8-14/h5-6,9,15H,7-8,14H2,1-4H3. The van der Waals surface area contributed by atoms with Gasteiger partial charge in [-0.05, 0) is 52.3 Å². The summed E-state index contributed by atoms with van der Waals surface area (Å²) in [6.07, 6.45) is 0.973. The highest BCUT2D eigenvalue weighted by molar-refractivity contribution is 5.53. The van der Waals surface area contributed by atoms with Gasteiger partial charge < -0.3 is 11.1 Å². The lowest BCUT2D eigenvalue weighted by atomic mass is 9.99. The van der Waals surface area contributed by atoms with E-state index in [-0.39, 0.29) is 5.54 Å². The van der Waals surface area contributed by atoms with Gasteiger partial charge in [0, 0.05) is 11.2 Å². The molecular formula is C13H22N2. The third-order valence-corrected chi connectivity index (χ3v) is 2.62. The van der Waals surface area contributed by atoms with Gasteiger partial charge in [0.1, 0.15) is 0 Å². The van der Waals surface area contributed by atoms with Crippen molar-refractivity contribution in [3.63, 3.8) is 0 Å². The Morgan fingerprint density at radius 2 is 1.93 bits per heavy atom.